The van der Waals surface area contributed by atoms with Gasteiger partial charge in [-0.3, -0.25) is 0 Å². The molecule has 0 aliphatic rings. The quantitative estimate of drug-likeness (QED) is 0.344. The molecule has 23 heavy (non-hydrogen) atoms. The van der Waals surface area contributed by atoms with Crippen LogP contribution in [0.4, 0.5) is 0 Å². The van der Waals surface area contributed by atoms with E-state index in [9.17, 15) is 5.11 Å². The Kier molecular flexibility index (Phi) is 18.1. The first-order valence-corrected chi connectivity index (χ1v) is 10.1. The summed E-state index contributed by atoms with van der Waals surface area (Å²) in [6.07, 6.45) is 13.2. The SMILES string of the molecule is CCCCCCCCC(O)COCCOCC(CC)CCCC. The Morgan fingerprint density at radius 1 is 0.696 bits per heavy atom. The van der Waals surface area contributed by atoms with Crippen LogP contribution in [0.2, 0.25) is 0 Å². The molecule has 0 fully saturated rings. The van der Waals surface area contributed by atoms with Crippen LogP contribution in [0.3, 0.4) is 0 Å². The molecule has 1 N–H and O–H groups in total. The molecule has 0 aromatic rings. The summed E-state index contributed by atoms with van der Waals surface area (Å²) in [5, 5.41) is 9.87. The molecule has 0 aliphatic carbocycles. The van der Waals surface area contributed by atoms with E-state index < -0.39 is 0 Å². The van der Waals surface area contributed by atoms with Crippen molar-refractivity contribution in [2.75, 3.05) is 26.4 Å². The number of rotatable bonds is 18. The first-order valence-electron chi connectivity index (χ1n) is 10.1. The van der Waals surface area contributed by atoms with Crippen molar-refractivity contribution in [2.24, 2.45) is 5.92 Å². The summed E-state index contributed by atoms with van der Waals surface area (Å²) in [4.78, 5) is 0. The third-order valence-electron chi connectivity index (χ3n) is 4.47. The zero-order valence-electron chi connectivity index (χ0n) is 16.0. The number of ether oxygens (including phenoxy) is 2. The van der Waals surface area contributed by atoms with E-state index >= 15 is 0 Å². The molecule has 0 aromatic heterocycles. The second-order valence-electron chi connectivity index (χ2n) is 6.78. The fourth-order valence-corrected chi connectivity index (χ4v) is 2.73. The average Bonchev–Trinajstić information content (AvgIpc) is 2.56. The van der Waals surface area contributed by atoms with E-state index in [1.165, 1.54) is 57.8 Å². The van der Waals surface area contributed by atoms with Crippen LogP contribution in [0.15, 0.2) is 0 Å². The van der Waals surface area contributed by atoms with E-state index in [1.807, 2.05) is 0 Å². The lowest BCUT2D eigenvalue weighted by Crippen LogP contribution is -2.18. The van der Waals surface area contributed by atoms with E-state index in [-0.39, 0.29) is 6.10 Å². The zero-order valence-corrected chi connectivity index (χ0v) is 16.0. The Bertz CT molecular complexity index is 221. The summed E-state index contributed by atoms with van der Waals surface area (Å²) in [6.45, 7) is 9.24. The normalized spacial score (nSPS) is 14.1. The van der Waals surface area contributed by atoms with Gasteiger partial charge in [0.2, 0.25) is 0 Å². The number of aliphatic hydroxyl groups is 1. The van der Waals surface area contributed by atoms with Crippen molar-refractivity contribution in [1.29, 1.82) is 0 Å². The van der Waals surface area contributed by atoms with Gasteiger partial charge in [-0.15, -0.1) is 0 Å². The molecule has 0 saturated heterocycles. The minimum atomic E-state index is -0.311. The molecule has 2 atom stereocenters. The van der Waals surface area contributed by atoms with Crippen LogP contribution in [0.1, 0.15) is 91.4 Å². The van der Waals surface area contributed by atoms with Gasteiger partial charge in [-0.25, -0.2) is 0 Å². The first-order chi connectivity index (χ1) is 11.2. The van der Waals surface area contributed by atoms with Gasteiger partial charge in [-0.1, -0.05) is 78.6 Å². The van der Waals surface area contributed by atoms with Crippen molar-refractivity contribution in [3.63, 3.8) is 0 Å². The molecule has 3 heteroatoms. The minimum Gasteiger partial charge on any atom is -0.391 e. The van der Waals surface area contributed by atoms with Crippen LogP contribution >= 0.6 is 0 Å². The maximum Gasteiger partial charge on any atom is 0.0773 e. The average molecular weight is 331 g/mol. The molecule has 0 aliphatic heterocycles. The predicted molar refractivity (Wildman–Crippen MR) is 98.9 cm³/mol. The lowest BCUT2D eigenvalue weighted by atomic mass is 10.0. The summed E-state index contributed by atoms with van der Waals surface area (Å²) in [6, 6.07) is 0. The fourth-order valence-electron chi connectivity index (χ4n) is 2.73. The van der Waals surface area contributed by atoms with Crippen molar-refractivity contribution in [3.8, 4) is 0 Å². The van der Waals surface area contributed by atoms with Crippen LogP contribution in [0.25, 0.3) is 0 Å². The summed E-state index contributed by atoms with van der Waals surface area (Å²) in [5.74, 6) is 0.688. The number of hydrogen-bond acceptors (Lipinski definition) is 3. The second-order valence-corrected chi connectivity index (χ2v) is 6.78. The van der Waals surface area contributed by atoms with E-state index in [1.54, 1.807) is 0 Å². The largest absolute Gasteiger partial charge is 0.391 e. The molecule has 2 unspecified atom stereocenters. The summed E-state index contributed by atoms with van der Waals surface area (Å²) >= 11 is 0. The van der Waals surface area contributed by atoms with E-state index in [2.05, 4.69) is 20.8 Å². The van der Waals surface area contributed by atoms with Gasteiger partial charge >= 0.3 is 0 Å². The van der Waals surface area contributed by atoms with Crippen molar-refractivity contribution >= 4 is 0 Å². The highest BCUT2D eigenvalue weighted by molar-refractivity contribution is 4.57. The predicted octanol–water partition coefficient (Wildman–Crippen LogP) is 5.35. The summed E-state index contributed by atoms with van der Waals surface area (Å²) in [7, 11) is 0. The second kappa shape index (κ2) is 18.2. The molecular formula is C20H42O3. The molecule has 0 spiro atoms. The standard InChI is InChI=1S/C20H42O3/c1-4-7-9-10-11-12-14-20(21)18-23-16-15-22-17-19(6-3)13-8-5-2/h19-21H,4-18H2,1-3H3. The first kappa shape index (κ1) is 22.9. The van der Waals surface area contributed by atoms with Crippen LogP contribution < -0.4 is 0 Å². The maximum atomic E-state index is 9.87. The van der Waals surface area contributed by atoms with Gasteiger partial charge in [0.1, 0.15) is 0 Å². The van der Waals surface area contributed by atoms with Crippen LogP contribution in [0, 0.1) is 5.92 Å². The molecule has 0 rings (SSSR count). The summed E-state index contributed by atoms with van der Waals surface area (Å²) < 4.78 is 11.2. The van der Waals surface area contributed by atoms with Crippen LogP contribution in [-0.2, 0) is 9.47 Å². The van der Waals surface area contributed by atoms with E-state index in [4.69, 9.17) is 9.47 Å². The monoisotopic (exact) mass is 330 g/mol. The third-order valence-corrected chi connectivity index (χ3v) is 4.47. The number of unbranched alkanes of at least 4 members (excludes halogenated alkanes) is 6. The molecular weight excluding hydrogens is 288 g/mol. The van der Waals surface area contributed by atoms with Gasteiger partial charge in [0.25, 0.3) is 0 Å². The molecule has 0 bridgehead atoms. The van der Waals surface area contributed by atoms with Crippen molar-refractivity contribution < 1.29 is 14.6 Å². The number of aliphatic hydroxyl groups excluding tert-OH is 1. The Morgan fingerprint density at radius 3 is 1.96 bits per heavy atom. The third kappa shape index (κ3) is 16.5. The highest BCUT2D eigenvalue weighted by Crippen LogP contribution is 2.12. The van der Waals surface area contributed by atoms with E-state index in [0.29, 0.717) is 25.7 Å². The lowest BCUT2D eigenvalue weighted by Gasteiger charge is -2.15. The molecule has 0 radical (unpaired) electrons. The van der Waals surface area contributed by atoms with E-state index in [0.717, 1.165) is 19.4 Å². The van der Waals surface area contributed by atoms with Gasteiger partial charge in [0.15, 0.2) is 0 Å². The van der Waals surface area contributed by atoms with Crippen LogP contribution in [0.5, 0.6) is 0 Å². The molecule has 140 valence electrons. The van der Waals surface area contributed by atoms with Crippen molar-refractivity contribution in [1.82, 2.24) is 0 Å². The Labute approximate surface area is 145 Å². The van der Waals surface area contributed by atoms with Gasteiger partial charge in [0, 0.05) is 6.61 Å². The van der Waals surface area contributed by atoms with Crippen molar-refractivity contribution in [2.45, 2.75) is 97.5 Å². The Morgan fingerprint density at radius 2 is 1.30 bits per heavy atom. The molecule has 3 nitrogen and oxygen atoms in total. The van der Waals surface area contributed by atoms with Gasteiger partial charge in [-0.2, -0.15) is 0 Å². The highest BCUT2D eigenvalue weighted by Gasteiger charge is 2.06. The van der Waals surface area contributed by atoms with Gasteiger partial charge in [-0.05, 0) is 18.8 Å². The molecule has 0 heterocycles. The smallest absolute Gasteiger partial charge is 0.0773 e. The van der Waals surface area contributed by atoms with Gasteiger partial charge in [0.05, 0.1) is 25.9 Å². The topological polar surface area (TPSA) is 38.7 Å². The van der Waals surface area contributed by atoms with Crippen molar-refractivity contribution in [3.05, 3.63) is 0 Å². The van der Waals surface area contributed by atoms with Crippen LogP contribution in [-0.4, -0.2) is 37.6 Å². The summed E-state index contributed by atoms with van der Waals surface area (Å²) in [5.41, 5.74) is 0. The highest BCUT2D eigenvalue weighted by atomic mass is 16.5. The number of hydrogen-bond donors (Lipinski definition) is 1. The molecule has 0 amide bonds. The molecule has 0 aromatic carbocycles. The maximum absolute atomic E-state index is 9.87. The molecule has 0 saturated carbocycles. The fraction of sp³-hybridized carbons (Fsp3) is 1.00. The Balaban J connectivity index is 3.32. The van der Waals surface area contributed by atoms with Gasteiger partial charge < -0.3 is 14.6 Å². The Hall–Kier alpha value is -0.120. The minimum absolute atomic E-state index is 0.311. The zero-order chi connectivity index (χ0) is 17.2. The lowest BCUT2D eigenvalue weighted by molar-refractivity contribution is -0.00603.